The van der Waals surface area contributed by atoms with Gasteiger partial charge >= 0.3 is 0 Å². The number of thioether (sulfide) groups is 1. The van der Waals surface area contributed by atoms with Crippen molar-refractivity contribution in [2.24, 2.45) is 0 Å². The maximum absolute atomic E-state index is 12.8. The molecule has 0 aliphatic carbocycles. The van der Waals surface area contributed by atoms with E-state index in [1.807, 2.05) is 36.4 Å². The topological polar surface area (TPSA) is 58.6 Å². The molecule has 2 aromatic carbocycles. The Hall–Kier alpha value is -2.18. The Kier molecular flexibility index (Phi) is 8.00. The summed E-state index contributed by atoms with van der Waals surface area (Å²) in [4.78, 5) is 27.5. The van der Waals surface area contributed by atoms with E-state index in [0.29, 0.717) is 11.6 Å². The molecule has 0 unspecified atom stereocenters. The van der Waals surface area contributed by atoms with Crippen LogP contribution in [-0.4, -0.2) is 42.7 Å². The van der Waals surface area contributed by atoms with Crippen molar-refractivity contribution in [3.05, 3.63) is 59.1 Å². The lowest BCUT2D eigenvalue weighted by molar-refractivity contribution is -0.138. The second-order valence-electron chi connectivity index (χ2n) is 5.90. The van der Waals surface area contributed by atoms with E-state index in [9.17, 15) is 9.59 Å². The number of benzene rings is 2. The molecule has 7 heteroatoms. The normalized spacial score (nSPS) is 11.6. The van der Waals surface area contributed by atoms with Gasteiger partial charge in [0.2, 0.25) is 11.8 Å². The van der Waals surface area contributed by atoms with Crippen molar-refractivity contribution in [2.45, 2.75) is 24.4 Å². The van der Waals surface area contributed by atoms with Crippen LogP contribution in [0.3, 0.4) is 0 Å². The third-order valence-corrected chi connectivity index (χ3v) is 5.35. The first kappa shape index (κ1) is 21.1. The molecule has 144 valence electrons. The van der Waals surface area contributed by atoms with E-state index in [2.05, 4.69) is 5.32 Å². The molecule has 0 aliphatic heterocycles. The van der Waals surface area contributed by atoms with Crippen LogP contribution in [0.1, 0.15) is 12.5 Å². The number of likely N-dealkylation sites (N-methyl/N-ethyl adjacent to an activating group) is 1. The first-order chi connectivity index (χ1) is 12.9. The van der Waals surface area contributed by atoms with Crippen LogP contribution in [0, 0.1) is 0 Å². The average molecular weight is 407 g/mol. The molecule has 0 spiro atoms. The lowest BCUT2D eigenvalue weighted by atomic mass is 10.1. The molecule has 2 aromatic rings. The van der Waals surface area contributed by atoms with Gasteiger partial charge in [0.15, 0.2) is 0 Å². The molecule has 1 N–H and O–H groups in total. The molecule has 2 amide bonds. The highest BCUT2D eigenvalue weighted by atomic mass is 35.5. The fourth-order valence-corrected chi connectivity index (χ4v) is 3.39. The van der Waals surface area contributed by atoms with Crippen LogP contribution in [-0.2, 0) is 16.1 Å². The molecule has 0 radical (unpaired) electrons. The van der Waals surface area contributed by atoms with Crippen LogP contribution in [0.4, 0.5) is 0 Å². The molecule has 0 saturated carbocycles. The Morgan fingerprint density at radius 1 is 1.15 bits per heavy atom. The van der Waals surface area contributed by atoms with Gasteiger partial charge in [-0.1, -0.05) is 23.7 Å². The largest absolute Gasteiger partial charge is 0.497 e. The van der Waals surface area contributed by atoms with Gasteiger partial charge in [-0.2, -0.15) is 0 Å². The van der Waals surface area contributed by atoms with Crippen LogP contribution in [0.2, 0.25) is 5.02 Å². The quantitative estimate of drug-likeness (QED) is 0.680. The van der Waals surface area contributed by atoms with Crippen LogP contribution < -0.4 is 10.1 Å². The summed E-state index contributed by atoms with van der Waals surface area (Å²) >= 11 is 7.31. The number of ether oxygens (including phenoxy) is 1. The van der Waals surface area contributed by atoms with Crippen LogP contribution in [0.5, 0.6) is 5.75 Å². The molecular weight excluding hydrogens is 384 g/mol. The van der Waals surface area contributed by atoms with Crippen LogP contribution in [0.15, 0.2) is 53.4 Å². The zero-order valence-corrected chi connectivity index (χ0v) is 17.1. The summed E-state index contributed by atoms with van der Waals surface area (Å²) in [7, 11) is 3.17. The van der Waals surface area contributed by atoms with Gasteiger partial charge < -0.3 is 15.0 Å². The molecule has 5 nitrogen and oxygen atoms in total. The van der Waals surface area contributed by atoms with E-state index in [-0.39, 0.29) is 17.6 Å². The van der Waals surface area contributed by atoms with Crippen LogP contribution in [0.25, 0.3) is 0 Å². The van der Waals surface area contributed by atoms with Crippen molar-refractivity contribution >= 4 is 35.2 Å². The number of carbonyl (C=O) groups is 2. The molecule has 1 atom stereocenters. The second kappa shape index (κ2) is 10.2. The number of carbonyl (C=O) groups excluding carboxylic acids is 2. The first-order valence-electron chi connectivity index (χ1n) is 8.47. The third kappa shape index (κ3) is 6.19. The maximum Gasteiger partial charge on any atom is 0.242 e. The smallest absolute Gasteiger partial charge is 0.242 e. The molecule has 0 fully saturated rings. The maximum atomic E-state index is 12.8. The molecule has 2 rings (SSSR count). The van der Waals surface area contributed by atoms with Crippen LogP contribution >= 0.6 is 23.4 Å². The molecule has 0 aromatic heterocycles. The SMILES string of the molecule is CNC(=O)[C@H](C)N(Cc1ccc(OC)cc1)C(=O)CSc1ccc(Cl)cc1. The minimum Gasteiger partial charge on any atom is -0.497 e. The molecule has 0 saturated heterocycles. The number of nitrogens with one attached hydrogen (secondary N) is 1. The Bertz CT molecular complexity index is 766. The zero-order valence-electron chi connectivity index (χ0n) is 15.6. The predicted octanol–water partition coefficient (Wildman–Crippen LogP) is 3.60. The van der Waals surface area contributed by atoms with E-state index in [4.69, 9.17) is 16.3 Å². The monoisotopic (exact) mass is 406 g/mol. The van der Waals surface area contributed by atoms with Crippen molar-refractivity contribution in [3.8, 4) is 5.75 Å². The lowest BCUT2D eigenvalue weighted by Gasteiger charge is -2.28. The lowest BCUT2D eigenvalue weighted by Crippen LogP contribution is -2.47. The number of amides is 2. The standard InChI is InChI=1S/C20H23ClN2O3S/c1-14(20(25)22-2)23(12-15-4-8-17(26-3)9-5-15)19(24)13-27-18-10-6-16(21)7-11-18/h4-11,14H,12-13H2,1-3H3,(H,22,25)/t14-/m0/s1. The van der Waals surface area contributed by atoms with Gasteiger partial charge in [0.25, 0.3) is 0 Å². The summed E-state index contributed by atoms with van der Waals surface area (Å²) in [6.07, 6.45) is 0. The zero-order chi connectivity index (χ0) is 19.8. The van der Waals surface area contributed by atoms with Gasteiger partial charge in [-0.15, -0.1) is 11.8 Å². The Morgan fingerprint density at radius 3 is 2.33 bits per heavy atom. The Morgan fingerprint density at radius 2 is 1.78 bits per heavy atom. The van der Waals surface area contributed by atoms with Crippen molar-refractivity contribution in [3.63, 3.8) is 0 Å². The van der Waals surface area contributed by atoms with E-state index in [1.165, 1.54) is 11.8 Å². The summed E-state index contributed by atoms with van der Waals surface area (Å²) in [5.41, 5.74) is 0.927. The Labute approximate surface area is 169 Å². The van der Waals surface area contributed by atoms with Crippen molar-refractivity contribution < 1.29 is 14.3 Å². The van der Waals surface area contributed by atoms with E-state index in [0.717, 1.165) is 16.2 Å². The van der Waals surface area contributed by atoms with Gasteiger partial charge in [-0.05, 0) is 48.9 Å². The minimum atomic E-state index is -0.574. The number of hydrogen-bond donors (Lipinski definition) is 1. The van der Waals surface area contributed by atoms with Crippen molar-refractivity contribution in [2.75, 3.05) is 19.9 Å². The van der Waals surface area contributed by atoms with Crippen molar-refractivity contribution in [1.29, 1.82) is 0 Å². The summed E-state index contributed by atoms with van der Waals surface area (Å²) in [5.74, 6) is 0.670. The molecule has 0 heterocycles. The van der Waals surface area contributed by atoms with Crippen molar-refractivity contribution in [1.82, 2.24) is 10.2 Å². The van der Waals surface area contributed by atoms with E-state index < -0.39 is 6.04 Å². The molecule has 0 aliphatic rings. The highest BCUT2D eigenvalue weighted by Crippen LogP contribution is 2.22. The summed E-state index contributed by atoms with van der Waals surface area (Å²) in [6.45, 7) is 2.08. The van der Waals surface area contributed by atoms with E-state index in [1.54, 1.807) is 38.1 Å². The van der Waals surface area contributed by atoms with Gasteiger partial charge in [0.05, 0.1) is 12.9 Å². The second-order valence-corrected chi connectivity index (χ2v) is 7.39. The summed E-state index contributed by atoms with van der Waals surface area (Å²) in [5, 5.41) is 3.26. The number of hydrogen-bond acceptors (Lipinski definition) is 4. The Balaban J connectivity index is 2.10. The third-order valence-electron chi connectivity index (χ3n) is 4.10. The summed E-state index contributed by atoms with van der Waals surface area (Å²) in [6, 6.07) is 14.2. The van der Waals surface area contributed by atoms with Gasteiger partial charge in [-0.3, -0.25) is 9.59 Å². The highest BCUT2D eigenvalue weighted by Gasteiger charge is 2.25. The average Bonchev–Trinajstić information content (AvgIpc) is 2.70. The number of methoxy groups -OCH3 is 1. The number of halogens is 1. The fourth-order valence-electron chi connectivity index (χ4n) is 2.48. The molecule has 27 heavy (non-hydrogen) atoms. The highest BCUT2D eigenvalue weighted by molar-refractivity contribution is 8.00. The number of rotatable bonds is 8. The van der Waals surface area contributed by atoms with Gasteiger partial charge in [0, 0.05) is 23.5 Å². The first-order valence-corrected chi connectivity index (χ1v) is 9.83. The predicted molar refractivity (Wildman–Crippen MR) is 109 cm³/mol. The number of nitrogens with zero attached hydrogens (tertiary/aromatic N) is 1. The van der Waals surface area contributed by atoms with Gasteiger partial charge in [0.1, 0.15) is 11.8 Å². The van der Waals surface area contributed by atoms with Gasteiger partial charge in [-0.25, -0.2) is 0 Å². The summed E-state index contributed by atoms with van der Waals surface area (Å²) < 4.78 is 5.16. The molecule has 0 bridgehead atoms. The fraction of sp³-hybridized carbons (Fsp3) is 0.300. The van der Waals surface area contributed by atoms with E-state index >= 15 is 0 Å². The molecular formula is C20H23ClN2O3S. The minimum absolute atomic E-state index is 0.109.